The molecule has 1 N–H and O–H groups in total. The molecule has 1 heterocycles. The highest BCUT2D eigenvalue weighted by molar-refractivity contribution is 5.02. The number of aryl methyl sites for hydroxylation is 1. The number of nitrogens with zero attached hydrogens (tertiary/aromatic N) is 2. The minimum Gasteiger partial charge on any atom is -0.396 e. The monoisotopic (exact) mass is 166 g/mol. The highest BCUT2D eigenvalue weighted by atomic mass is 16.3. The van der Waals surface area contributed by atoms with E-state index >= 15 is 0 Å². The van der Waals surface area contributed by atoms with E-state index in [1.807, 2.05) is 6.07 Å². The number of aliphatic hydroxyl groups is 1. The van der Waals surface area contributed by atoms with Gasteiger partial charge in [-0.2, -0.15) is 0 Å². The van der Waals surface area contributed by atoms with Crippen molar-refractivity contribution in [1.29, 1.82) is 0 Å². The summed E-state index contributed by atoms with van der Waals surface area (Å²) in [5, 5.41) is 8.66. The minimum absolute atomic E-state index is 0.121. The summed E-state index contributed by atoms with van der Waals surface area (Å²) in [7, 11) is 0. The topological polar surface area (TPSA) is 46.0 Å². The third kappa shape index (κ3) is 2.58. The Morgan fingerprint density at radius 3 is 2.92 bits per heavy atom. The zero-order chi connectivity index (χ0) is 8.81. The predicted octanol–water partition coefficient (Wildman–Crippen LogP) is 0.964. The number of aliphatic hydroxyl groups excluding tert-OH is 1. The number of hydrogen-bond acceptors (Lipinski definition) is 3. The Labute approximate surface area is 72.5 Å². The van der Waals surface area contributed by atoms with Crippen molar-refractivity contribution in [1.82, 2.24) is 9.97 Å². The van der Waals surface area contributed by atoms with Gasteiger partial charge >= 0.3 is 0 Å². The fourth-order valence-electron chi connectivity index (χ4n) is 1.06. The van der Waals surface area contributed by atoms with Crippen molar-refractivity contribution in [3.8, 4) is 0 Å². The van der Waals surface area contributed by atoms with Gasteiger partial charge < -0.3 is 5.11 Å². The first-order valence-electron chi connectivity index (χ1n) is 4.28. The Balaban J connectivity index is 2.67. The summed E-state index contributed by atoms with van der Waals surface area (Å²) in [5.74, 6) is 0.739. The second kappa shape index (κ2) is 4.83. The van der Waals surface area contributed by atoms with E-state index in [2.05, 4.69) is 16.9 Å². The molecule has 0 aromatic carbocycles. The summed E-state index contributed by atoms with van der Waals surface area (Å²) in [4.78, 5) is 8.32. The Hall–Kier alpha value is -0.960. The molecule has 0 aliphatic heterocycles. The van der Waals surface area contributed by atoms with Crippen molar-refractivity contribution in [3.05, 3.63) is 23.8 Å². The lowest BCUT2D eigenvalue weighted by Crippen LogP contribution is -2.00. The normalized spacial score (nSPS) is 10.2. The van der Waals surface area contributed by atoms with Crippen LogP contribution >= 0.6 is 0 Å². The lowest BCUT2D eigenvalue weighted by atomic mass is 10.2. The third-order valence-electron chi connectivity index (χ3n) is 1.60. The molecule has 0 saturated carbocycles. The summed E-state index contributed by atoms with van der Waals surface area (Å²) in [6.45, 7) is 2.24. The molecule has 12 heavy (non-hydrogen) atoms. The first-order chi connectivity index (χ1) is 5.86. The predicted molar refractivity (Wildman–Crippen MR) is 46.8 cm³/mol. The third-order valence-corrected chi connectivity index (χ3v) is 1.60. The van der Waals surface area contributed by atoms with Gasteiger partial charge in [0.15, 0.2) is 0 Å². The van der Waals surface area contributed by atoms with E-state index in [4.69, 9.17) is 5.11 Å². The van der Waals surface area contributed by atoms with E-state index in [0.29, 0.717) is 6.42 Å². The van der Waals surface area contributed by atoms with E-state index in [-0.39, 0.29) is 6.61 Å². The van der Waals surface area contributed by atoms with Gasteiger partial charge in [0.05, 0.1) is 6.61 Å². The summed E-state index contributed by atoms with van der Waals surface area (Å²) in [6.07, 6.45) is 4.39. The Bertz CT molecular complexity index is 216. The maximum Gasteiger partial charge on any atom is 0.130 e. The molecule has 1 aromatic rings. The summed E-state index contributed by atoms with van der Waals surface area (Å²) < 4.78 is 0. The molecule has 0 spiro atoms. The van der Waals surface area contributed by atoms with Crippen LogP contribution in [0.1, 0.15) is 24.9 Å². The molecule has 0 atom stereocenters. The first-order valence-corrected chi connectivity index (χ1v) is 4.28. The number of aromatic nitrogens is 2. The molecule has 0 fully saturated rings. The molecule has 0 aliphatic rings. The highest BCUT2D eigenvalue weighted by Gasteiger charge is 1.96. The van der Waals surface area contributed by atoms with Crippen LogP contribution < -0.4 is 0 Å². The zero-order valence-corrected chi connectivity index (χ0v) is 7.32. The van der Waals surface area contributed by atoms with Crippen molar-refractivity contribution >= 4 is 0 Å². The molecule has 0 aliphatic carbocycles. The fraction of sp³-hybridized carbons (Fsp3) is 0.556. The van der Waals surface area contributed by atoms with Gasteiger partial charge in [0.2, 0.25) is 0 Å². The second-order valence-electron chi connectivity index (χ2n) is 2.69. The maximum atomic E-state index is 8.66. The lowest BCUT2D eigenvalue weighted by Gasteiger charge is -1.99. The van der Waals surface area contributed by atoms with E-state index < -0.39 is 0 Å². The van der Waals surface area contributed by atoms with Crippen molar-refractivity contribution in [2.45, 2.75) is 26.2 Å². The fourth-order valence-corrected chi connectivity index (χ4v) is 1.06. The van der Waals surface area contributed by atoms with Crippen LogP contribution in [0.4, 0.5) is 0 Å². The van der Waals surface area contributed by atoms with Crippen LogP contribution in [-0.4, -0.2) is 21.7 Å². The van der Waals surface area contributed by atoms with Gasteiger partial charge in [0, 0.05) is 18.3 Å². The molecule has 0 bridgehead atoms. The van der Waals surface area contributed by atoms with E-state index in [9.17, 15) is 0 Å². The quantitative estimate of drug-likeness (QED) is 0.724. The van der Waals surface area contributed by atoms with Crippen LogP contribution in [0.25, 0.3) is 0 Å². The van der Waals surface area contributed by atoms with Gasteiger partial charge in [-0.3, -0.25) is 0 Å². The molecule has 1 rings (SSSR count). The molecular weight excluding hydrogens is 152 g/mol. The van der Waals surface area contributed by atoms with Gasteiger partial charge in [-0.25, -0.2) is 9.97 Å². The van der Waals surface area contributed by atoms with Crippen LogP contribution in [0, 0.1) is 0 Å². The van der Waals surface area contributed by atoms with Crippen molar-refractivity contribution in [3.63, 3.8) is 0 Å². The lowest BCUT2D eigenvalue weighted by molar-refractivity contribution is 0.296. The first kappa shape index (κ1) is 9.13. The minimum atomic E-state index is 0.121. The molecule has 66 valence electrons. The van der Waals surface area contributed by atoms with E-state index in [1.54, 1.807) is 6.20 Å². The Kier molecular flexibility index (Phi) is 3.67. The Morgan fingerprint density at radius 2 is 2.25 bits per heavy atom. The summed E-state index contributed by atoms with van der Waals surface area (Å²) in [5.41, 5.74) is 1.07. The standard InChI is InChI=1S/C9H14N2O/c1-2-3-8-4-6-10-9(11-8)5-7-12/h4,6,12H,2-3,5,7H2,1H3. The molecular formula is C9H14N2O. The smallest absolute Gasteiger partial charge is 0.130 e. The molecule has 1 aromatic heterocycles. The van der Waals surface area contributed by atoms with Gasteiger partial charge in [-0.15, -0.1) is 0 Å². The van der Waals surface area contributed by atoms with Gasteiger partial charge in [-0.1, -0.05) is 13.3 Å². The van der Waals surface area contributed by atoms with Crippen LogP contribution in [0.15, 0.2) is 12.3 Å². The van der Waals surface area contributed by atoms with Crippen LogP contribution in [-0.2, 0) is 12.8 Å². The van der Waals surface area contributed by atoms with Gasteiger partial charge in [0.25, 0.3) is 0 Å². The number of hydrogen-bond donors (Lipinski definition) is 1. The molecule has 0 unspecified atom stereocenters. The molecule has 0 amide bonds. The van der Waals surface area contributed by atoms with E-state index in [1.165, 1.54) is 0 Å². The molecule has 3 heteroatoms. The SMILES string of the molecule is CCCc1ccnc(CCO)n1. The summed E-state index contributed by atoms with van der Waals surface area (Å²) in [6, 6.07) is 1.92. The molecule has 3 nitrogen and oxygen atoms in total. The average Bonchev–Trinajstić information content (AvgIpc) is 2.06. The average molecular weight is 166 g/mol. The second-order valence-corrected chi connectivity index (χ2v) is 2.69. The van der Waals surface area contributed by atoms with Crippen LogP contribution in [0.3, 0.4) is 0 Å². The Morgan fingerprint density at radius 1 is 1.42 bits per heavy atom. The zero-order valence-electron chi connectivity index (χ0n) is 7.32. The van der Waals surface area contributed by atoms with Crippen LogP contribution in [0.2, 0.25) is 0 Å². The van der Waals surface area contributed by atoms with Crippen molar-refractivity contribution in [2.75, 3.05) is 6.61 Å². The largest absolute Gasteiger partial charge is 0.396 e. The van der Waals surface area contributed by atoms with E-state index in [0.717, 1.165) is 24.4 Å². The van der Waals surface area contributed by atoms with Gasteiger partial charge in [-0.05, 0) is 12.5 Å². The maximum absolute atomic E-state index is 8.66. The van der Waals surface area contributed by atoms with Gasteiger partial charge in [0.1, 0.15) is 5.82 Å². The molecule has 0 radical (unpaired) electrons. The van der Waals surface area contributed by atoms with Crippen molar-refractivity contribution < 1.29 is 5.11 Å². The number of rotatable bonds is 4. The summed E-state index contributed by atoms with van der Waals surface area (Å²) >= 11 is 0. The highest BCUT2D eigenvalue weighted by Crippen LogP contribution is 1.99. The van der Waals surface area contributed by atoms with Crippen LogP contribution in [0.5, 0.6) is 0 Å². The van der Waals surface area contributed by atoms with Crippen molar-refractivity contribution in [2.24, 2.45) is 0 Å². The molecule has 0 saturated heterocycles.